The minimum Gasteiger partial charge on any atom is -0.342 e. The predicted molar refractivity (Wildman–Crippen MR) is 132 cm³/mol. The molecule has 2 aliphatic rings. The van der Waals surface area contributed by atoms with Crippen LogP contribution in [0.5, 0.6) is 0 Å². The molecule has 2 aromatic rings. The third-order valence-electron chi connectivity index (χ3n) is 6.71. The Morgan fingerprint density at radius 3 is 2.44 bits per heavy atom. The third-order valence-corrected chi connectivity index (χ3v) is 7.77. The average molecular weight is 480 g/mol. The van der Waals surface area contributed by atoms with E-state index in [1.807, 2.05) is 36.1 Å². The third kappa shape index (κ3) is 5.01. The van der Waals surface area contributed by atoms with Gasteiger partial charge in [-0.2, -0.15) is 0 Å². The molecule has 178 valence electrons. The number of hydrogen-bond donors (Lipinski definition) is 2. The second kappa shape index (κ2) is 10.4. The molecule has 0 saturated carbocycles. The highest BCUT2D eigenvalue weighted by atomic mass is 32.2. The maximum Gasteiger partial charge on any atom is 0.256 e. The molecule has 8 heteroatoms. The summed E-state index contributed by atoms with van der Waals surface area (Å²) in [6, 6.07) is 14.5. The van der Waals surface area contributed by atoms with E-state index in [9.17, 15) is 19.2 Å². The molecule has 0 bridgehead atoms. The van der Waals surface area contributed by atoms with Gasteiger partial charge in [-0.15, -0.1) is 11.8 Å². The Hall–Kier alpha value is -3.13. The van der Waals surface area contributed by atoms with Crippen molar-refractivity contribution in [3.63, 3.8) is 0 Å². The fourth-order valence-corrected chi connectivity index (χ4v) is 5.57. The molecule has 2 aliphatic heterocycles. The van der Waals surface area contributed by atoms with Crippen LogP contribution in [-0.2, 0) is 19.8 Å². The summed E-state index contributed by atoms with van der Waals surface area (Å²) in [5.74, 6) is -0.348. The molecule has 4 rings (SSSR count). The zero-order valence-corrected chi connectivity index (χ0v) is 20.1. The summed E-state index contributed by atoms with van der Waals surface area (Å²) in [7, 11) is 0. The lowest BCUT2D eigenvalue weighted by Crippen LogP contribution is -2.51. The number of likely N-dealkylation sites (tertiary alicyclic amines) is 1. The van der Waals surface area contributed by atoms with Crippen molar-refractivity contribution in [1.29, 1.82) is 0 Å². The van der Waals surface area contributed by atoms with Crippen LogP contribution in [0.3, 0.4) is 0 Å². The summed E-state index contributed by atoms with van der Waals surface area (Å²) < 4.78 is 0. The van der Waals surface area contributed by atoms with Gasteiger partial charge in [0, 0.05) is 30.1 Å². The van der Waals surface area contributed by atoms with Crippen molar-refractivity contribution in [3.8, 4) is 0 Å². The van der Waals surface area contributed by atoms with Crippen molar-refractivity contribution >= 4 is 41.1 Å². The fraction of sp³-hybridized carbons (Fsp3) is 0.385. The van der Waals surface area contributed by atoms with Crippen LogP contribution >= 0.6 is 11.8 Å². The summed E-state index contributed by atoms with van der Waals surface area (Å²) in [5, 5.41) is 5.37. The maximum absolute atomic E-state index is 13.0. The van der Waals surface area contributed by atoms with Gasteiger partial charge < -0.3 is 10.2 Å². The molecule has 2 fully saturated rings. The Morgan fingerprint density at radius 1 is 1.06 bits per heavy atom. The number of piperidine rings is 1. The second-order valence-corrected chi connectivity index (χ2v) is 9.73. The van der Waals surface area contributed by atoms with Gasteiger partial charge in [0.1, 0.15) is 0 Å². The number of rotatable bonds is 7. The number of benzene rings is 2. The van der Waals surface area contributed by atoms with E-state index in [0.717, 1.165) is 36.4 Å². The fourth-order valence-electron chi connectivity index (χ4n) is 4.61. The quantitative estimate of drug-likeness (QED) is 0.466. The summed E-state index contributed by atoms with van der Waals surface area (Å²) in [5.41, 5.74) is 1.22. The van der Waals surface area contributed by atoms with Crippen LogP contribution in [0.15, 0.2) is 53.4 Å². The lowest BCUT2D eigenvalue weighted by molar-refractivity contribution is -0.138. The standard InChI is InChI=1S/C26H29N3O4S/c1-2-26(14-13-22(30)28-25(26)33)18-9-11-19(12-10-18)27-24(32)20-7-3-4-8-21(20)34-17-23(31)29-15-5-6-16-29/h3-4,7-12H,2,5-6,13-17H2,1H3,(H,27,32)(H,28,30,33). The van der Waals surface area contributed by atoms with E-state index in [2.05, 4.69) is 10.6 Å². The van der Waals surface area contributed by atoms with E-state index in [4.69, 9.17) is 0 Å². The van der Waals surface area contributed by atoms with Crippen LogP contribution in [0, 0.1) is 0 Å². The number of anilines is 1. The zero-order chi connectivity index (χ0) is 24.1. The van der Waals surface area contributed by atoms with Gasteiger partial charge in [0.2, 0.25) is 17.7 Å². The second-order valence-electron chi connectivity index (χ2n) is 8.72. The molecule has 0 aliphatic carbocycles. The van der Waals surface area contributed by atoms with Gasteiger partial charge in [0.05, 0.1) is 16.7 Å². The molecule has 0 aromatic heterocycles. The highest BCUT2D eigenvalue weighted by Gasteiger charge is 2.42. The van der Waals surface area contributed by atoms with Crippen molar-refractivity contribution in [2.45, 2.75) is 49.3 Å². The first-order valence-corrected chi connectivity index (χ1v) is 12.7. The Balaban J connectivity index is 1.43. The molecule has 2 N–H and O–H groups in total. The molecule has 7 nitrogen and oxygen atoms in total. The normalized spacial score (nSPS) is 20.2. The van der Waals surface area contributed by atoms with Crippen molar-refractivity contribution in [1.82, 2.24) is 10.2 Å². The van der Waals surface area contributed by atoms with E-state index in [0.29, 0.717) is 36.3 Å². The van der Waals surface area contributed by atoms with E-state index in [1.165, 1.54) is 11.8 Å². The summed E-state index contributed by atoms with van der Waals surface area (Å²) >= 11 is 1.38. The van der Waals surface area contributed by atoms with E-state index in [1.54, 1.807) is 24.3 Å². The Labute approximate surface area is 203 Å². The molecule has 2 aromatic carbocycles. The van der Waals surface area contributed by atoms with E-state index in [-0.39, 0.29) is 23.6 Å². The lowest BCUT2D eigenvalue weighted by atomic mass is 9.72. The van der Waals surface area contributed by atoms with Gasteiger partial charge in [-0.3, -0.25) is 24.5 Å². The largest absolute Gasteiger partial charge is 0.342 e. The summed E-state index contributed by atoms with van der Waals surface area (Å²) in [4.78, 5) is 52.3. The van der Waals surface area contributed by atoms with Gasteiger partial charge in [-0.1, -0.05) is 31.2 Å². The van der Waals surface area contributed by atoms with Crippen LogP contribution in [0.2, 0.25) is 0 Å². The highest BCUT2D eigenvalue weighted by molar-refractivity contribution is 8.00. The average Bonchev–Trinajstić information content (AvgIpc) is 3.39. The van der Waals surface area contributed by atoms with Gasteiger partial charge in [0.25, 0.3) is 5.91 Å². The first-order valence-electron chi connectivity index (χ1n) is 11.7. The van der Waals surface area contributed by atoms with Crippen molar-refractivity contribution < 1.29 is 19.2 Å². The van der Waals surface area contributed by atoms with Crippen LogP contribution < -0.4 is 10.6 Å². The number of carbonyl (C=O) groups is 4. The molecular formula is C26H29N3O4S. The van der Waals surface area contributed by atoms with Gasteiger partial charge in [-0.05, 0) is 55.5 Å². The van der Waals surface area contributed by atoms with E-state index < -0.39 is 5.41 Å². The number of hydrogen-bond acceptors (Lipinski definition) is 5. The van der Waals surface area contributed by atoms with Crippen LogP contribution in [-0.4, -0.2) is 47.4 Å². The lowest BCUT2D eigenvalue weighted by Gasteiger charge is -2.35. The first kappa shape index (κ1) is 24.0. The molecule has 2 heterocycles. The van der Waals surface area contributed by atoms with Gasteiger partial charge in [-0.25, -0.2) is 0 Å². The van der Waals surface area contributed by atoms with Gasteiger partial charge in [0.15, 0.2) is 0 Å². The number of amides is 4. The van der Waals surface area contributed by atoms with Crippen LogP contribution in [0.25, 0.3) is 0 Å². The Kier molecular flexibility index (Phi) is 7.36. The van der Waals surface area contributed by atoms with Crippen molar-refractivity contribution in [2.24, 2.45) is 0 Å². The van der Waals surface area contributed by atoms with Crippen molar-refractivity contribution in [3.05, 3.63) is 59.7 Å². The summed E-state index contributed by atoms with van der Waals surface area (Å²) in [6.07, 6.45) is 3.47. The monoisotopic (exact) mass is 479 g/mol. The van der Waals surface area contributed by atoms with Crippen molar-refractivity contribution in [2.75, 3.05) is 24.2 Å². The minimum absolute atomic E-state index is 0.103. The molecule has 1 unspecified atom stereocenters. The SMILES string of the molecule is CCC1(c2ccc(NC(=O)c3ccccc3SCC(=O)N3CCCC3)cc2)CCC(=O)NC1=O. The smallest absolute Gasteiger partial charge is 0.256 e. The predicted octanol–water partition coefficient (Wildman–Crippen LogP) is 3.74. The topological polar surface area (TPSA) is 95.6 Å². The molecular weight excluding hydrogens is 450 g/mol. The molecule has 34 heavy (non-hydrogen) atoms. The molecule has 0 radical (unpaired) electrons. The van der Waals surface area contributed by atoms with Crippen LogP contribution in [0.1, 0.15) is 54.9 Å². The zero-order valence-electron chi connectivity index (χ0n) is 19.3. The van der Waals surface area contributed by atoms with Crippen LogP contribution in [0.4, 0.5) is 5.69 Å². The number of imide groups is 1. The van der Waals surface area contributed by atoms with Gasteiger partial charge >= 0.3 is 0 Å². The molecule has 0 spiro atoms. The highest BCUT2D eigenvalue weighted by Crippen LogP contribution is 2.36. The Morgan fingerprint density at radius 2 is 1.76 bits per heavy atom. The number of thioether (sulfide) groups is 1. The number of nitrogens with zero attached hydrogens (tertiary/aromatic N) is 1. The minimum atomic E-state index is -0.735. The molecule has 2 saturated heterocycles. The molecule has 4 amide bonds. The van der Waals surface area contributed by atoms with E-state index >= 15 is 0 Å². The Bertz CT molecular complexity index is 1100. The molecule has 1 atom stereocenters. The number of carbonyl (C=O) groups excluding carboxylic acids is 4. The summed E-state index contributed by atoms with van der Waals surface area (Å²) in [6.45, 7) is 3.57. The first-order chi connectivity index (χ1) is 16.4. The maximum atomic E-state index is 13.0. The number of nitrogens with one attached hydrogen (secondary N) is 2.